The fourth-order valence-electron chi connectivity index (χ4n) is 2.71. The summed E-state index contributed by atoms with van der Waals surface area (Å²) in [6, 6.07) is 12.9. The van der Waals surface area contributed by atoms with Crippen molar-refractivity contribution < 1.29 is 17.2 Å². The lowest BCUT2D eigenvalue weighted by molar-refractivity contribution is 0.584. The van der Waals surface area contributed by atoms with Crippen molar-refractivity contribution in [2.24, 2.45) is 0 Å². The average molecular weight is 418 g/mol. The molecule has 0 bridgehead atoms. The largest absolute Gasteiger partial charge is 0.223 e. The number of benzene rings is 2. The number of thiophene rings is 1. The fraction of sp³-hybridized carbons (Fsp3) is 0.0556. The van der Waals surface area contributed by atoms with E-state index in [1.165, 1.54) is 18.2 Å². The highest BCUT2D eigenvalue weighted by Gasteiger charge is 2.19. The Morgan fingerprint density at radius 3 is 2.46 bits per heavy atom. The van der Waals surface area contributed by atoms with Crippen molar-refractivity contribution in [2.45, 2.75) is 9.96 Å². The Morgan fingerprint density at radius 2 is 1.75 bits per heavy atom. The number of aromatic nitrogens is 4. The minimum atomic E-state index is -3.64. The Kier molecular flexibility index (Phi) is 4.73. The lowest BCUT2D eigenvalue weighted by atomic mass is 10.1. The zero-order valence-corrected chi connectivity index (χ0v) is 15.8. The molecule has 10 heteroatoms. The third-order valence-electron chi connectivity index (χ3n) is 3.92. The number of nitrogens with one attached hydrogen (secondary N) is 1. The first kappa shape index (κ1) is 18.4. The van der Waals surface area contributed by atoms with Gasteiger partial charge >= 0.3 is 0 Å². The molecule has 142 valence electrons. The SMILES string of the molecule is O=S(=O)(Cc1cccc(-c2nn[nH]n2)c1)c1ccc(-c2cc(F)cc(F)c2)s1. The summed E-state index contributed by atoms with van der Waals surface area (Å²) in [7, 11) is -3.64. The number of tetrazole rings is 1. The first-order valence-corrected chi connectivity index (χ1v) is 10.5. The van der Waals surface area contributed by atoms with Gasteiger partial charge in [-0.15, -0.1) is 21.5 Å². The molecule has 0 spiro atoms. The van der Waals surface area contributed by atoms with E-state index < -0.39 is 21.5 Å². The highest BCUT2D eigenvalue weighted by molar-refractivity contribution is 7.92. The molecular formula is C18H12F2N4O2S2. The molecule has 0 radical (unpaired) electrons. The van der Waals surface area contributed by atoms with E-state index in [9.17, 15) is 17.2 Å². The first-order valence-electron chi connectivity index (χ1n) is 8.02. The monoisotopic (exact) mass is 418 g/mol. The zero-order chi connectivity index (χ0) is 19.7. The molecule has 2 aromatic heterocycles. The lowest BCUT2D eigenvalue weighted by Crippen LogP contribution is -2.03. The van der Waals surface area contributed by atoms with E-state index in [1.807, 2.05) is 0 Å². The van der Waals surface area contributed by atoms with Gasteiger partial charge in [-0.05, 0) is 46.7 Å². The molecule has 0 saturated heterocycles. The molecular weight excluding hydrogens is 406 g/mol. The van der Waals surface area contributed by atoms with Gasteiger partial charge in [-0.3, -0.25) is 0 Å². The minimum absolute atomic E-state index is 0.122. The van der Waals surface area contributed by atoms with Gasteiger partial charge in [-0.25, -0.2) is 17.2 Å². The van der Waals surface area contributed by atoms with Crippen LogP contribution in [0.3, 0.4) is 0 Å². The molecule has 0 atom stereocenters. The molecule has 0 aliphatic heterocycles. The zero-order valence-electron chi connectivity index (χ0n) is 14.1. The van der Waals surface area contributed by atoms with E-state index in [-0.39, 0.29) is 9.96 Å². The number of aromatic amines is 1. The Balaban J connectivity index is 1.61. The first-order chi connectivity index (χ1) is 13.4. The maximum atomic E-state index is 13.4. The maximum Gasteiger partial charge on any atom is 0.204 e. The second-order valence-corrected chi connectivity index (χ2v) is 9.27. The molecule has 1 N–H and O–H groups in total. The number of nitrogens with zero attached hydrogens (tertiary/aromatic N) is 3. The molecule has 0 aliphatic carbocycles. The Labute approximate surface area is 162 Å². The summed E-state index contributed by atoms with van der Waals surface area (Å²) in [6.45, 7) is 0. The normalized spacial score (nSPS) is 11.6. The molecule has 4 rings (SSSR count). The topological polar surface area (TPSA) is 88.6 Å². The van der Waals surface area contributed by atoms with Crippen molar-refractivity contribution in [2.75, 3.05) is 0 Å². The van der Waals surface area contributed by atoms with E-state index in [0.717, 1.165) is 17.4 Å². The summed E-state index contributed by atoms with van der Waals surface area (Å²) < 4.78 is 52.6. The van der Waals surface area contributed by atoms with Crippen molar-refractivity contribution >= 4 is 21.2 Å². The molecule has 0 unspecified atom stereocenters. The number of H-pyrrole nitrogens is 1. The van der Waals surface area contributed by atoms with E-state index in [0.29, 0.717) is 27.4 Å². The van der Waals surface area contributed by atoms with Gasteiger partial charge in [0.15, 0.2) is 9.84 Å². The number of hydrogen-bond acceptors (Lipinski definition) is 6. The van der Waals surface area contributed by atoms with E-state index in [2.05, 4.69) is 20.6 Å². The third kappa shape index (κ3) is 3.82. The summed E-state index contributed by atoms with van der Waals surface area (Å²) in [4.78, 5) is 0.470. The molecule has 4 aromatic rings. The molecule has 0 amide bonds. The van der Waals surface area contributed by atoms with E-state index in [1.54, 1.807) is 30.3 Å². The second-order valence-electron chi connectivity index (χ2n) is 5.97. The smallest absolute Gasteiger partial charge is 0.204 e. The van der Waals surface area contributed by atoms with Crippen LogP contribution in [0.1, 0.15) is 5.56 Å². The van der Waals surface area contributed by atoms with Crippen LogP contribution in [0, 0.1) is 11.6 Å². The predicted molar refractivity (Wildman–Crippen MR) is 100 cm³/mol. The van der Waals surface area contributed by atoms with Crippen LogP contribution in [0.2, 0.25) is 0 Å². The van der Waals surface area contributed by atoms with E-state index >= 15 is 0 Å². The average Bonchev–Trinajstić information content (AvgIpc) is 3.33. The molecule has 6 nitrogen and oxygen atoms in total. The van der Waals surface area contributed by atoms with Gasteiger partial charge in [0.05, 0.1) is 5.75 Å². The predicted octanol–water partition coefficient (Wildman–Crippen LogP) is 3.85. The number of hydrogen-bond donors (Lipinski definition) is 1. The van der Waals surface area contributed by atoms with Crippen LogP contribution >= 0.6 is 11.3 Å². The van der Waals surface area contributed by atoms with Gasteiger partial charge in [0.1, 0.15) is 15.8 Å². The third-order valence-corrected chi connectivity index (χ3v) is 7.33. The van der Waals surface area contributed by atoms with Gasteiger partial charge in [-0.1, -0.05) is 18.2 Å². The quantitative estimate of drug-likeness (QED) is 0.532. The summed E-state index contributed by atoms with van der Waals surface area (Å²) in [6.07, 6.45) is 0. The summed E-state index contributed by atoms with van der Waals surface area (Å²) in [5, 5.41) is 13.6. The molecule has 2 aromatic carbocycles. The van der Waals surface area contributed by atoms with Gasteiger partial charge in [0.25, 0.3) is 0 Å². The molecule has 0 aliphatic rings. The van der Waals surface area contributed by atoms with Gasteiger partial charge in [0, 0.05) is 16.5 Å². The standard InChI is InChI=1S/C18H12F2N4O2S2/c19-14-7-13(8-15(20)9-14)16-4-5-17(27-16)28(25,26)10-11-2-1-3-12(6-11)18-21-23-24-22-18/h1-9H,10H2,(H,21,22,23,24). The Morgan fingerprint density at radius 1 is 0.964 bits per heavy atom. The minimum Gasteiger partial charge on any atom is -0.223 e. The van der Waals surface area contributed by atoms with Crippen LogP contribution in [0.4, 0.5) is 8.78 Å². The van der Waals surface area contributed by atoms with Crippen LogP contribution in [0.15, 0.2) is 58.8 Å². The van der Waals surface area contributed by atoms with Crippen LogP contribution in [0.5, 0.6) is 0 Å². The van der Waals surface area contributed by atoms with Crippen LogP contribution in [0.25, 0.3) is 21.8 Å². The van der Waals surface area contributed by atoms with Crippen molar-refractivity contribution in [1.29, 1.82) is 0 Å². The highest BCUT2D eigenvalue weighted by Crippen LogP contribution is 2.33. The number of halogens is 2. The van der Waals surface area contributed by atoms with Crippen LogP contribution < -0.4 is 0 Å². The Hall–Kier alpha value is -2.98. The van der Waals surface area contributed by atoms with Crippen LogP contribution in [-0.4, -0.2) is 29.0 Å². The Bertz CT molecular complexity index is 1220. The van der Waals surface area contributed by atoms with Crippen LogP contribution in [-0.2, 0) is 15.6 Å². The van der Waals surface area contributed by atoms with Gasteiger partial charge in [-0.2, -0.15) is 5.21 Å². The van der Waals surface area contributed by atoms with Gasteiger partial charge < -0.3 is 0 Å². The lowest BCUT2D eigenvalue weighted by Gasteiger charge is -2.04. The molecule has 0 fully saturated rings. The van der Waals surface area contributed by atoms with Crippen molar-refractivity contribution in [3.8, 4) is 21.8 Å². The molecule has 0 saturated carbocycles. The summed E-state index contributed by atoms with van der Waals surface area (Å²) in [5.41, 5.74) is 1.50. The highest BCUT2D eigenvalue weighted by atomic mass is 32.2. The van der Waals surface area contributed by atoms with E-state index in [4.69, 9.17) is 0 Å². The van der Waals surface area contributed by atoms with Crippen molar-refractivity contribution in [3.63, 3.8) is 0 Å². The van der Waals surface area contributed by atoms with Gasteiger partial charge in [0.2, 0.25) is 5.82 Å². The number of sulfone groups is 1. The molecule has 2 heterocycles. The van der Waals surface area contributed by atoms with Crippen molar-refractivity contribution in [1.82, 2.24) is 20.6 Å². The maximum absolute atomic E-state index is 13.4. The second kappa shape index (κ2) is 7.21. The summed E-state index contributed by atoms with van der Waals surface area (Å²) >= 11 is 0.971. The van der Waals surface area contributed by atoms with Crippen molar-refractivity contribution in [3.05, 3.63) is 71.8 Å². The molecule has 28 heavy (non-hydrogen) atoms. The summed E-state index contributed by atoms with van der Waals surface area (Å²) in [5.74, 6) is -1.29. The number of rotatable bonds is 5. The fourth-order valence-corrected chi connectivity index (χ4v) is 5.43.